The van der Waals surface area contributed by atoms with Crippen LogP contribution >= 0.6 is 11.6 Å². The number of hydrogen-bond acceptors (Lipinski definition) is 2. The van der Waals surface area contributed by atoms with Gasteiger partial charge in [0, 0.05) is 10.7 Å². The largest absolute Gasteiger partial charge is 0.337 e. The number of benzene rings is 1. The highest BCUT2D eigenvalue weighted by Gasteiger charge is 2.07. The second-order valence-corrected chi connectivity index (χ2v) is 4.55. The van der Waals surface area contributed by atoms with Crippen molar-refractivity contribution in [1.82, 2.24) is 15.0 Å². The average molecular weight is 258 g/mol. The Labute approximate surface area is 110 Å². The molecular formula is C14H12ClN3. The third kappa shape index (κ3) is 1.97. The normalized spacial score (nSPS) is 11.0. The number of imidazole rings is 1. The topological polar surface area (TPSA) is 41.6 Å². The number of nitrogens with zero attached hydrogens (tertiary/aromatic N) is 2. The van der Waals surface area contributed by atoms with Gasteiger partial charge in [0.2, 0.25) is 0 Å². The number of pyridine rings is 1. The smallest absolute Gasteiger partial charge is 0.157 e. The summed E-state index contributed by atoms with van der Waals surface area (Å²) in [5.74, 6) is 0.780. The molecule has 0 aliphatic carbocycles. The molecule has 0 aliphatic rings. The van der Waals surface area contributed by atoms with Crippen LogP contribution < -0.4 is 0 Å². The fraction of sp³-hybridized carbons (Fsp3) is 0.143. The molecule has 0 aliphatic heterocycles. The number of nitrogens with one attached hydrogen (secondary N) is 1. The van der Waals surface area contributed by atoms with Gasteiger partial charge in [0.1, 0.15) is 5.69 Å². The van der Waals surface area contributed by atoms with Gasteiger partial charge in [0.25, 0.3) is 0 Å². The Bertz CT molecular complexity index is 703. The Balaban J connectivity index is 2.13. The van der Waals surface area contributed by atoms with E-state index in [2.05, 4.69) is 21.9 Å². The summed E-state index contributed by atoms with van der Waals surface area (Å²) in [6.07, 6.45) is 0.917. The zero-order chi connectivity index (χ0) is 12.5. The first-order chi connectivity index (χ1) is 8.76. The van der Waals surface area contributed by atoms with E-state index in [0.29, 0.717) is 5.02 Å². The second kappa shape index (κ2) is 4.42. The molecule has 2 aromatic heterocycles. The quantitative estimate of drug-likeness (QED) is 0.758. The van der Waals surface area contributed by atoms with Gasteiger partial charge < -0.3 is 4.98 Å². The summed E-state index contributed by atoms with van der Waals surface area (Å²) < 4.78 is 0. The Morgan fingerprint density at radius 3 is 2.89 bits per heavy atom. The molecule has 1 N–H and O–H groups in total. The molecule has 0 unspecified atom stereocenters. The standard InChI is InChI=1S/C14H12ClN3/c1-2-10-4-3-5-12(16-10)14-17-11-7-6-9(15)8-13(11)18-14/h3-8H,2H2,1H3,(H,17,18). The van der Waals surface area contributed by atoms with Crippen LogP contribution in [0.15, 0.2) is 36.4 Å². The number of fused-ring (bicyclic) bond motifs is 1. The molecule has 0 saturated carbocycles. The highest BCUT2D eigenvalue weighted by Crippen LogP contribution is 2.21. The van der Waals surface area contributed by atoms with Gasteiger partial charge in [-0.25, -0.2) is 9.97 Å². The van der Waals surface area contributed by atoms with Crippen molar-refractivity contribution in [2.75, 3.05) is 0 Å². The lowest BCUT2D eigenvalue weighted by Crippen LogP contribution is -1.90. The van der Waals surface area contributed by atoms with Crippen LogP contribution in [0.2, 0.25) is 5.02 Å². The Morgan fingerprint density at radius 1 is 1.17 bits per heavy atom. The van der Waals surface area contributed by atoms with Gasteiger partial charge in [-0.15, -0.1) is 0 Å². The third-order valence-corrected chi connectivity index (χ3v) is 3.09. The highest BCUT2D eigenvalue weighted by molar-refractivity contribution is 6.31. The van der Waals surface area contributed by atoms with E-state index in [4.69, 9.17) is 11.6 Å². The van der Waals surface area contributed by atoms with E-state index in [9.17, 15) is 0 Å². The highest BCUT2D eigenvalue weighted by atomic mass is 35.5. The van der Waals surface area contributed by atoms with E-state index in [1.807, 2.05) is 36.4 Å². The second-order valence-electron chi connectivity index (χ2n) is 4.11. The summed E-state index contributed by atoms with van der Waals surface area (Å²) in [7, 11) is 0. The van der Waals surface area contributed by atoms with Gasteiger partial charge in [0.05, 0.1) is 11.0 Å². The molecule has 0 bridgehead atoms. The van der Waals surface area contributed by atoms with Crippen LogP contribution in [-0.4, -0.2) is 15.0 Å². The number of rotatable bonds is 2. The lowest BCUT2D eigenvalue weighted by Gasteiger charge is -1.98. The molecule has 3 aromatic rings. The fourth-order valence-electron chi connectivity index (χ4n) is 1.91. The summed E-state index contributed by atoms with van der Waals surface area (Å²) in [6, 6.07) is 11.6. The third-order valence-electron chi connectivity index (χ3n) is 2.86. The summed E-state index contributed by atoms with van der Waals surface area (Å²) in [4.78, 5) is 12.3. The van der Waals surface area contributed by atoms with Crippen LogP contribution in [0.3, 0.4) is 0 Å². The van der Waals surface area contributed by atoms with Crippen molar-refractivity contribution in [3.8, 4) is 11.5 Å². The van der Waals surface area contributed by atoms with Crippen LogP contribution in [0.25, 0.3) is 22.6 Å². The summed E-state index contributed by atoms with van der Waals surface area (Å²) in [6.45, 7) is 2.09. The van der Waals surface area contributed by atoms with Gasteiger partial charge in [0.15, 0.2) is 5.82 Å². The van der Waals surface area contributed by atoms with Gasteiger partial charge in [-0.1, -0.05) is 24.6 Å². The lowest BCUT2D eigenvalue weighted by atomic mass is 10.2. The zero-order valence-corrected chi connectivity index (χ0v) is 10.7. The molecule has 3 rings (SSSR count). The minimum absolute atomic E-state index is 0.702. The van der Waals surface area contributed by atoms with Crippen molar-refractivity contribution in [3.05, 3.63) is 47.1 Å². The molecule has 0 radical (unpaired) electrons. The van der Waals surface area contributed by atoms with E-state index in [0.717, 1.165) is 34.7 Å². The van der Waals surface area contributed by atoms with Gasteiger partial charge >= 0.3 is 0 Å². The molecule has 0 fully saturated rings. The zero-order valence-electron chi connectivity index (χ0n) is 9.94. The first-order valence-electron chi connectivity index (χ1n) is 5.88. The van der Waals surface area contributed by atoms with Crippen LogP contribution in [-0.2, 0) is 6.42 Å². The van der Waals surface area contributed by atoms with Crippen molar-refractivity contribution in [3.63, 3.8) is 0 Å². The van der Waals surface area contributed by atoms with Crippen LogP contribution in [0, 0.1) is 0 Å². The van der Waals surface area contributed by atoms with Crippen molar-refractivity contribution in [2.45, 2.75) is 13.3 Å². The molecule has 0 saturated heterocycles. The van der Waals surface area contributed by atoms with E-state index >= 15 is 0 Å². The summed E-state index contributed by atoms with van der Waals surface area (Å²) >= 11 is 5.96. The molecule has 2 heterocycles. The number of aromatic nitrogens is 3. The average Bonchev–Trinajstić information content (AvgIpc) is 2.81. The molecule has 90 valence electrons. The van der Waals surface area contributed by atoms with Crippen LogP contribution in [0.5, 0.6) is 0 Å². The Morgan fingerprint density at radius 2 is 2.06 bits per heavy atom. The number of hydrogen-bond donors (Lipinski definition) is 1. The lowest BCUT2D eigenvalue weighted by molar-refractivity contribution is 1.03. The van der Waals surface area contributed by atoms with Crippen molar-refractivity contribution in [2.24, 2.45) is 0 Å². The maximum absolute atomic E-state index is 5.96. The molecule has 4 heteroatoms. The summed E-state index contributed by atoms with van der Waals surface area (Å²) in [5, 5.41) is 0.702. The Kier molecular flexibility index (Phi) is 2.76. The molecular weight excluding hydrogens is 246 g/mol. The SMILES string of the molecule is CCc1cccc(-c2nc3ccc(Cl)cc3[nH]2)n1. The summed E-state index contributed by atoms with van der Waals surface area (Å²) in [5.41, 5.74) is 3.76. The minimum Gasteiger partial charge on any atom is -0.337 e. The van der Waals surface area contributed by atoms with Gasteiger partial charge in [-0.05, 0) is 36.8 Å². The molecule has 0 amide bonds. The first-order valence-corrected chi connectivity index (χ1v) is 6.25. The predicted octanol–water partition coefficient (Wildman–Crippen LogP) is 3.84. The molecule has 0 spiro atoms. The maximum atomic E-state index is 5.96. The maximum Gasteiger partial charge on any atom is 0.157 e. The van der Waals surface area contributed by atoms with Crippen LogP contribution in [0.4, 0.5) is 0 Å². The van der Waals surface area contributed by atoms with Gasteiger partial charge in [-0.2, -0.15) is 0 Å². The van der Waals surface area contributed by atoms with Crippen molar-refractivity contribution >= 4 is 22.6 Å². The van der Waals surface area contributed by atoms with E-state index < -0.39 is 0 Å². The van der Waals surface area contributed by atoms with E-state index in [1.165, 1.54) is 0 Å². The molecule has 0 atom stereocenters. The van der Waals surface area contributed by atoms with Gasteiger partial charge in [-0.3, -0.25) is 0 Å². The van der Waals surface area contributed by atoms with Crippen LogP contribution in [0.1, 0.15) is 12.6 Å². The Hall–Kier alpha value is -1.87. The van der Waals surface area contributed by atoms with E-state index in [1.54, 1.807) is 0 Å². The minimum atomic E-state index is 0.702. The fourth-order valence-corrected chi connectivity index (χ4v) is 2.08. The van der Waals surface area contributed by atoms with Crippen molar-refractivity contribution < 1.29 is 0 Å². The molecule has 1 aromatic carbocycles. The number of aryl methyl sites for hydroxylation is 1. The predicted molar refractivity (Wildman–Crippen MR) is 73.7 cm³/mol. The monoisotopic (exact) mass is 257 g/mol. The molecule has 3 nitrogen and oxygen atoms in total. The van der Waals surface area contributed by atoms with E-state index in [-0.39, 0.29) is 0 Å². The molecule has 18 heavy (non-hydrogen) atoms. The number of H-pyrrole nitrogens is 1. The number of aromatic amines is 1. The number of halogens is 1. The van der Waals surface area contributed by atoms with Crippen molar-refractivity contribution in [1.29, 1.82) is 0 Å². The first kappa shape index (κ1) is 11.2.